The second kappa shape index (κ2) is 8.31. The van der Waals surface area contributed by atoms with Crippen molar-refractivity contribution in [2.45, 2.75) is 6.42 Å². The largest absolute Gasteiger partial charge is 0.369 e. The van der Waals surface area contributed by atoms with E-state index in [1.165, 1.54) is 4.90 Å². The molecule has 0 unspecified atom stereocenters. The van der Waals surface area contributed by atoms with E-state index < -0.39 is 5.91 Å². The Hall–Kier alpha value is -3.59. The molecule has 2 aromatic rings. The Bertz CT molecular complexity index is 864. The fourth-order valence-corrected chi connectivity index (χ4v) is 2.02. The highest BCUT2D eigenvalue weighted by molar-refractivity contribution is 5.98. The van der Waals surface area contributed by atoms with Crippen molar-refractivity contribution in [2.24, 2.45) is 16.5 Å². The van der Waals surface area contributed by atoms with Crippen LogP contribution in [0.3, 0.4) is 0 Å². The van der Waals surface area contributed by atoms with E-state index in [9.17, 15) is 9.59 Å². The van der Waals surface area contributed by atoms with Gasteiger partial charge in [-0.25, -0.2) is 0 Å². The summed E-state index contributed by atoms with van der Waals surface area (Å²) in [5.41, 5.74) is 13.2. The molecule has 4 N–H and O–H groups in total. The third kappa shape index (κ3) is 4.94. The molecule has 0 saturated heterocycles. The lowest BCUT2D eigenvalue weighted by Gasteiger charge is -2.11. The van der Waals surface area contributed by atoms with Crippen LogP contribution in [0.25, 0.3) is 11.1 Å². The predicted molar refractivity (Wildman–Crippen MR) is 97.2 cm³/mol. The maximum Gasteiger partial charge on any atom is 0.248 e. The van der Waals surface area contributed by atoms with Crippen LogP contribution < -0.4 is 11.5 Å². The fraction of sp³-hybridized carbons (Fsp3) is 0.105. The minimum Gasteiger partial charge on any atom is -0.369 e. The topological polar surface area (TPSA) is 102 Å². The summed E-state index contributed by atoms with van der Waals surface area (Å²) in [7, 11) is 1.57. The van der Waals surface area contributed by atoms with Gasteiger partial charge in [0.1, 0.15) is 0 Å². The number of primary amides is 1. The van der Waals surface area contributed by atoms with E-state index in [1.54, 1.807) is 19.2 Å². The monoisotopic (exact) mass is 334 g/mol. The number of nitrogens with two attached hydrogens (primary N) is 2. The minimum atomic E-state index is -0.396. The normalized spacial score (nSPS) is 12.8. The number of rotatable bonds is 2. The number of guanidine groups is 1. The van der Waals surface area contributed by atoms with Crippen molar-refractivity contribution < 1.29 is 9.59 Å². The quantitative estimate of drug-likeness (QED) is 0.815. The average molecular weight is 334 g/mol. The van der Waals surface area contributed by atoms with Gasteiger partial charge in [0.05, 0.1) is 6.42 Å². The van der Waals surface area contributed by atoms with Gasteiger partial charge in [0.25, 0.3) is 0 Å². The lowest BCUT2D eigenvalue weighted by Crippen LogP contribution is -2.37. The zero-order chi connectivity index (χ0) is 18.2. The van der Waals surface area contributed by atoms with Gasteiger partial charge in [0.15, 0.2) is 0 Å². The maximum absolute atomic E-state index is 11.0. The van der Waals surface area contributed by atoms with E-state index >= 15 is 0 Å². The highest BCUT2D eigenvalue weighted by atomic mass is 16.2. The van der Waals surface area contributed by atoms with Crippen LogP contribution in [0.15, 0.2) is 59.6 Å². The fourth-order valence-electron chi connectivity index (χ4n) is 2.02. The number of carbonyl (C=O) groups is 2. The molecule has 0 aromatic heterocycles. The van der Waals surface area contributed by atoms with E-state index in [2.05, 4.69) is 17.0 Å². The average Bonchev–Trinajstić information content (AvgIpc) is 2.78. The highest BCUT2D eigenvalue weighted by Crippen LogP contribution is 2.19. The summed E-state index contributed by atoms with van der Waals surface area (Å²) >= 11 is 0. The molecule has 0 atom stereocenters. The number of hydrogen-bond donors (Lipinski definition) is 2. The van der Waals surface area contributed by atoms with Crippen LogP contribution in [0, 0.1) is 12.0 Å². The zero-order valence-electron chi connectivity index (χ0n) is 13.8. The van der Waals surface area contributed by atoms with E-state index in [0.29, 0.717) is 5.56 Å². The minimum absolute atomic E-state index is 0.119. The van der Waals surface area contributed by atoms with Gasteiger partial charge in [-0.15, -0.1) is 0 Å². The summed E-state index contributed by atoms with van der Waals surface area (Å²) in [4.78, 5) is 26.8. The Labute approximate surface area is 146 Å². The number of nitrogens with zero attached hydrogens (tertiary/aromatic N) is 2. The smallest absolute Gasteiger partial charge is 0.248 e. The molecule has 0 fully saturated rings. The Morgan fingerprint density at radius 2 is 1.80 bits per heavy atom. The van der Waals surface area contributed by atoms with E-state index in [4.69, 9.17) is 11.5 Å². The van der Waals surface area contributed by atoms with E-state index in [0.717, 1.165) is 11.1 Å². The van der Waals surface area contributed by atoms with Crippen LogP contribution in [-0.2, 0) is 4.79 Å². The third-order valence-corrected chi connectivity index (χ3v) is 3.46. The second-order valence-corrected chi connectivity index (χ2v) is 5.20. The number of aliphatic imine (C=N–C) groups is 1. The van der Waals surface area contributed by atoms with Crippen LogP contribution in [-0.4, -0.2) is 29.7 Å². The van der Waals surface area contributed by atoms with Gasteiger partial charge >= 0.3 is 0 Å². The van der Waals surface area contributed by atoms with Crippen molar-refractivity contribution in [2.75, 3.05) is 7.05 Å². The maximum atomic E-state index is 11.0. The summed E-state index contributed by atoms with van der Waals surface area (Å²) < 4.78 is 0. The van der Waals surface area contributed by atoms with Crippen molar-refractivity contribution >= 4 is 17.8 Å². The van der Waals surface area contributed by atoms with Crippen LogP contribution in [0.1, 0.15) is 16.8 Å². The first-order valence-electron chi connectivity index (χ1n) is 7.52. The van der Waals surface area contributed by atoms with Gasteiger partial charge in [-0.1, -0.05) is 48.4 Å². The number of amides is 2. The summed E-state index contributed by atoms with van der Waals surface area (Å²) in [6, 6.07) is 19.6. The van der Waals surface area contributed by atoms with Crippen LogP contribution in [0.4, 0.5) is 0 Å². The predicted octanol–water partition coefficient (Wildman–Crippen LogP) is 1.58. The molecule has 0 saturated carbocycles. The molecule has 1 aliphatic rings. The van der Waals surface area contributed by atoms with Crippen LogP contribution >= 0.6 is 0 Å². The summed E-state index contributed by atoms with van der Waals surface area (Å²) in [5.74, 6) is 2.20. The Morgan fingerprint density at radius 3 is 2.48 bits per heavy atom. The molecule has 2 amide bonds. The second-order valence-electron chi connectivity index (χ2n) is 5.20. The van der Waals surface area contributed by atoms with E-state index in [-0.39, 0.29) is 18.3 Å². The lowest BCUT2D eigenvalue weighted by atomic mass is 10.0. The van der Waals surface area contributed by atoms with Gasteiger partial charge < -0.3 is 11.5 Å². The molecule has 0 spiro atoms. The molecule has 3 rings (SSSR count). The summed E-state index contributed by atoms with van der Waals surface area (Å²) in [5, 5.41) is 0. The highest BCUT2D eigenvalue weighted by Gasteiger charge is 2.11. The van der Waals surface area contributed by atoms with Gasteiger partial charge in [-0.05, 0) is 23.3 Å². The van der Waals surface area contributed by atoms with Gasteiger partial charge in [0, 0.05) is 18.7 Å². The Morgan fingerprint density at radius 1 is 1.12 bits per heavy atom. The summed E-state index contributed by atoms with van der Waals surface area (Å²) in [6.45, 7) is 0. The van der Waals surface area contributed by atoms with Crippen molar-refractivity contribution in [3.05, 3.63) is 60.2 Å². The molecule has 126 valence electrons. The first kappa shape index (κ1) is 17.8. The molecular weight excluding hydrogens is 316 g/mol. The van der Waals surface area contributed by atoms with Crippen molar-refractivity contribution in [3.8, 4) is 23.1 Å². The lowest BCUT2D eigenvalue weighted by molar-refractivity contribution is -0.125. The molecule has 2 aromatic carbocycles. The Kier molecular flexibility index (Phi) is 5.91. The number of carbonyl (C=O) groups excluding carboxylic acids is 2. The molecule has 6 nitrogen and oxygen atoms in total. The molecule has 0 bridgehead atoms. The van der Waals surface area contributed by atoms with Gasteiger partial charge in [-0.3, -0.25) is 14.5 Å². The number of hydrogen-bond acceptors (Lipinski definition) is 4. The van der Waals surface area contributed by atoms with Gasteiger partial charge in [-0.2, -0.15) is 4.99 Å². The first-order valence-corrected chi connectivity index (χ1v) is 7.52. The van der Waals surface area contributed by atoms with E-state index in [1.807, 2.05) is 42.5 Å². The molecule has 6 heteroatoms. The SMILES string of the molecule is CN1C(=O)CC#CN=C1N.NC(=O)c1cccc(-c2ccccc2)c1. The Balaban J connectivity index is 0.000000196. The van der Waals surface area contributed by atoms with Crippen LogP contribution in [0.2, 0.25) is 0 Å². The molecule has 0 aliphatic carbocycles. The molecule has 25 heavy (non-hydrogen) atoms. The molecule has 0 radical (unpaired) electrons. The first-order chi connectivity index (χ1) is 12.0. The number of benzene rings is 2. The molecule has 1 heterocycles. The summed E-state index contributed by atoms with van der Waals surface area (Å²) in [6.07, 6.45) is 0.195. The standard InChI is InChI=1S/C13H11NO.C6H7N3O/c14-13(15)12-8-4-7-11(9-12)10-5-2-1-3-6-10;1-9-5(10)3-2-4-8-6(9)7/h1-9H,(H2,14,15);3H2,1H3,(H2,7,8). The van der Waals surface area contributed by atoms with Crippen molar-refractivity contribution in [1.29, 1.82) is 0 Å². The zero-order valence-corrected chi connectivity index (χ0v) is 13.8. The third-order valence-electron chi connectivity index (χ3n) is 3.46. The van der Waals surface area contributed by atoms with Gasteiger partial charge in [0.2, 0.25) is 17.8 Å². The molecule has 1 aliphatic heterocycles. The van der Waals surface area contributed by atoms with Crippen molar-refractivity contribution in [3.63, 3.8) is 0 Å². The van der Waals surface area contributed by atoms with Crippen molar-refractivity contribution in [1.82, 2.24) is 4.90 Å². The van der Waals surface area contributed by atoms with Crippen LogP contribution in [0.5, 0.6) is 0 Å². The molecular formula is C19H18N4O2.